The predicted molar refractivity (Wildman–Crippen MR) is 79.6 cm³/mol. The number of hydrogen-bond donors (Lipinski definition) is 1. The van der Waals surface area contributed by atoms with Crippen LogP contribution in [0.1, 0.15) is 28.8 Å². The molecule has 6 heteroatoms. The highest BCUT2D eigenvalue weighted by Gasteiger charge is 2.09. The number of hydrogen-bond acceptors (Lipinski definition) is 3. The molecule has 0 atom stereocenters. The fraction of sp³-hybridized carbons (Fsp3) is 0.143. The molecule has 1 aromatic heterocycles. The summed E-state index contributed by atoms with van der Waals surface area (Å²) in [5.41, 5.74) is 3.81. The van der Waals surface area contributed by atoms with Gasteiger partial charge in [-0.15, -0.1) is 0 Å². The van der Waals surface area contributed by atoms with Crippen molar-refractivity contribution in [1.82, 2.24) is 5.43 Å². The van der Waals surface area contributed by atoms with Crippen LogP contribution in [0.2, 0.25) is 10.0 Å². The molecule has 0 aliphatic carbocycles. The molecule has 0 saturated carbocycles. The van der Waals surface area contributed by atoms with Crippen molar-refractivity contribution in [2.75, 3.05) is 0 Å². The number of nitrogens with one attached hydrogen (secondary N) is 1. The maximum absolute atomic E-state index is 11.8. The molecule has 2 rings (SSSR count). The Hall–Kier alpha value is -1.78. The van der Waals surface area contributed by atoms with E-state index in [-0.39, 0.29) is 5.76 Å². The zero-order valence-corrected chi connectivity index (χ0v) is 12.4. The standard InChI is InChI=1S/C14H12Cl2N2O2/c1-8-3-6-13(20-8)14(19)18-17-9(2)10-4-5-11(15)12(16)7-10/h3-7H,1-2H3,(H,18,19). The third kappa shape index (κ3) is 3.40. The normalized spacial score (nSPS) is 11.5. The van der Waals surface area contributed by atoms with Crippen LogP contribution >= 0.6 is 23.2 Å². The number of nitrogens with zero attached hydrogens (tertiary/aromatic N) is 1. The third-order valence-corrected chi connectivity index (χ3v) is 3.37. The van der Waals surface area contributed by atoms with Crippen LogP contribution in [0.3, 0.4) is 0 Å². The van der Waals surface area contributed by atoms with Gasteiger partial charge >= 0.3 is 5.91 Å². The van der Waals surface area contributed by atoms with Gasteiger partial charge in [-0.05, 0) is 43.7 Å². The van der Waals surface area contributed by atoms with Crippen molar-refractivity contribution in [2.24, 2.45) is 5.10 Å². The molecule has 1 amide bonds. The molecule has 0 fully saturated rings. The monoisotopic (exact) mass is 310 g/mol. The van der Waals surface area contributed by atoms with Crippen LogP contribution in [0, 0.1) is 6.92 Å². The van der Waals surface area contributed by atoms with Crippen LogP contribution in [0.4, 0.5) is 0 Å². The van der Waals surface area contributed by atoms with Crippen molar-refractivity contribution in [1.29, 1.82) is 0 Å². The summed E-state index contributed by atoms with van der Waals surface area (Å²) >= 11 is 11.8. The molecule has 20 heavy (non-hydrogen) atoms. The van der Waals surface area contributed by atoms with E-state index in [0.717, 1.165) is 5.56 Å². The number of carbonyl (C=O) groups excluding carboxylic acids is 1. The fourth-order valence-electron chi connectivity index (χ4n) is 1.53. The predicted octanol–water partition coefficient (Wildman–Crippen LogP) is 4.05. The van der Waals surface area contributed by atoms with Gasteiger partial charge in [0.2, 0.25) is 0 Å². The first-order chi connectivity index (χ1) is 9.47. The van der Waals surface area contributed by atoms with Gasteiger partial charge in [-0.25, -0.2) is 5.43 Å². The van der Waals surface area contributed by atoms with E-state index in [9.17, 15) is 4.79 Å². The quantitative estimate of drug-likeness (QED) is 0.687. The number of amides is 1. The molecule has 0 aliphatic rings. The van der Waals surface area contributed by atoms with Crippen molar-refractivity contribution in [3.8, 4) is 0 Å². The number of halogens is 2. The Kier molecular flexibility index (Phi) is 4.47. The molecular formula is C14H12Cl2N2O2. The Morgan fingerprint density at radius 3 is 2.55 bits per heavy atom. The lowest BCUT2D eigenvalue weighted by Gasteiger charge is -2.03. The Balaban J connectivity index is 2.10. The molecule has 0 spiro atoms. The van der Waals surface area contributed by atoms with Crippen LogP contribution < -0.4 is 5.43 Å². The molecule has 1 heterocycles. The van der Waals surface area contributed by atoms with Gasteiger partial charge in [-0.2, -0.15) is 5.10 Å². The minimum Gasteiger partial charge on any atom is -0.456 e. The van der Waals surface area contributed by atoms with E-state index in [1.54, 1.807) is 44.2 Å². The lowest BCUT2D eigenvalue weighted by Crippen LogP contribution is -2.18. The molecule has 1 N–H and O–H groups in total. The molecule has 2 aromatic rings. The Morgan fingerprint density at radius 2 is 1.95 bits per heavy atom. The lowest BCUT2D eigenvalue weighted by atomic mass is 10.1. The second-order valence-corrected chi connectivity index (χ2v) is 4.99. The third-order valence-electron chi connectivity index (χ3n) is 2.63. The lowest BCUT2D eigenvalue weighted by molar-refractivity contribution is 0.0926. The molecule has 0 radical (unpaired) electrons. The van der Waals surface area contributed by atoms with Gasteiger partial charge in [0.25, 0.3) is 0 Å². The highest BCUT2D eigenvalue weighted by molar-refractivity contribution is 6.42. The van der Waals surface area contributed by atoms with Crippen molar-refractivity contribution in [2.45, 2.75) is 13.8 Å². The molecule has 104 valence electrons. The zero-order valence-electron chi connectivity index (χ0n) is 10.9. The smallest absolute Gasteiger partial charge is 0.307 e. The Morgan fingerprint density at radius 1 is 1.20 bits per heavy atom. The summed E-state index contributed by atoms with van der Waals surface area (Å²) in [5.74, 6) is 0.478. The van der Waals surface area contributed by atoms with Gasteiger partial charge in [-0.3, -0.25) is 4.79 Å². The van der Waals surface area contributed by atoms with Gasteiger partial charge < -0.3 is 4.42 Å². The van der Waals surface area contributed by atoms with Crippen molar-refractivity contribution >= 4 is 34.8 Å². The average Bonchev–Trinajstić information content (AvgIpc) is 2.85. The summed E-state index contributed by atoms with van der Waals surface area (Å²) in [4.78, 5) is 11.8. The van der Waals surface area contributed by atoms with Crippen LogP contribution in [0.25, 0.3) is 0 Å². The maximum atomic E-state index is 11.8. The van der Waals surface area contributed by atoms with Crippen LogP contribution in [0.5, 0.6) is 0 Å². The van der Waals surface area contributed by atoms with Crippen LogP contribution in [-0.2, 0) is 0 Å². The van der Waals surface area contributed by atoms with Gasteiger partial charge in [0.1, 0.15) is 5.76 Å². The van der Waals surface area contributed by atoms with Gasteiger partial charge in [0, 0.05) is 0 Å². The number of rotatable bonds is 3. The van der Waals surface area contributed by atoms with E-state index in [4.69, 9.17) is 27.6 Å². The van der Waals surface area contributed by atoms with Gasteiger partial charge in [-0.1, -0.05) is 29.3 Å². The van der Waals surface area contributed by atoms with Crippen molar-refractivity contribution in [3.63, 3.8) is 0 Å². The largest absolute Gasteiger partial charge is 0.456 e. The van der Waals surface area contributed by atoms with Gasteiger partial charge in [0.15, 0.2) is 5.76 Å². The summed E-state index contributed by atoms with van der Waals surface area (Å²) in [6.45, 7) is 3.52. The molecule has 0 saturated heterocycles. The van der Waals surface area contributed by atoms with Crippen molar-refractivity contribution < 1.29 is 9.21 Å². The van der Waals surface area contributed by atoms with Crippen LogP contribution in [-0.4, -0.2) is 11.6 Å². The van der Waals surface area contributed by atoms with E-state index >= 15 is 0 Å². The first kappa shape index (κ1) is 14.6. The van der Waals surface area contributed by atoms with E-state index in [0.29, 0.717) is 21.5 Å². The molecule has 0 aliphatic heterocycles. The first-order valence-corrected chi connectivity index (χ1v) is 6.59. The Bertz CT molecular complexity index is 678. The second kappa shape index (κ2) is 6.11. The SMILES string of the molecule is CC(=NNC(=O)c1ccc(C)o1)c1ccc(Cl)c(Cl)c1. The number of furan rings is 1. The summed E-state index contributed by atoms with van der Waals surface area (Å²) in [6.07, 6.45) is 0. The summed E-state index contributed by atoms with van der Waals surface area (Å²) in [5, 5.41) is 4.91. The highest BCUT2D eigenvalue weighted by Crippen LogP contribution is 2.22. The van der Waals surface area contributed by atoms with Crippen LogP contribution in [0.15, 0.2) is 39.9 Å². The molecule has 0 bridgehead atoms. The fourth-order valence-corrected chi connectivity index (χ4v) is 1.83. The molecule has 0 unspecified atom stereocenters. The topological polar surface area (TPSA) is 54.6 Å². The molecular weight excluding hydrogens is 299 g/mol. The van der Waals surface area contributed by atoms with E-state index in [1.165, 1.54) is 0 Å². The van der Waals surface area contributed by atoms with E-state index < -0.39 is 5.91 Å². The molecule has 4 nitrogen and oxygen atoms in total. The van der Waals surface area contributed by atoms with E-state index in [2.05, 4.69) is 10.5 Å². The second-order valence-electron chi connectivity index (χ2n) is 4.18. The number of carbonyl (C=O) groups is 1. The summed E-state index contributed by atoms with van der Waals surface area (Å²) in [7, 11) is 0. The summed E-state index contributed by atoms with van der Waals surface area (Å²) in [6, 6.07) is 8.44. The maximum Gasteiger partial charge on any atom is 0.307 e. The zero-order chi connectivity index (χ0) is 14.7. The number of aryl methyl sites for hydroxylation is 1. The van der Waals surface area contributed by atoms with Gasteiger partial charge in [0.05, 0.1) is 15.8 Å². The number of benzene rings is 1. The number of hydrazone groups is 1. The Labute approximate surface area is 126 Å². The minimum absolute atomic E-state index is 0.216. The summed E-state index contributed by atoms with van der Waals surface area (Å²) < 4.78 is 5.20. The van der Waals surface area contributed by atoms with E-state index in [1.807, 2.05) is 0 Å². The average molecular weight is 311 g/mol. The first-order valence-electron chi connectivity index (χ1n) is 5.84. The minimum atomic E-state index is -0.405. The molecule has 1 aromatic carbocycles. The highest BCUT2D eigenvalue weighted by atomic mass is 35.5. The van der Waals surface area contributed by atoms with Crippen molar-refractivity contribution in [3.05, 3.63) is 57.5 Å².